The summed E-state index contributed by atoms with van der Waals surface area (Å²) < 4.78 is 34.2. The van der Waals surface area contributed by atoms with Gasteiger partial charge < -0.3 is 15.4 Å². The minimum Gasteiger partial charge on any atom is -0.465 e. The lowest BCUT2D eigenvalue weighted by molar-refractivity contribution is -0.145. The van der Waals surface area contributed by atoms with Gasteiger partial charge in [0.05, 0.1) is 11.5 Å². The number of carbonyl (C=O) groups excluding carboxylic acids is 2. The van der Waals surface area contributed by atoms with E-state index in [1.165, 1.54) is 0 Å². The Bertz CT molecular complexity index is 1540. The highest BCUT2D eigenvalue weighted by Crippen LogP contribution is 2.32. The van der Waals surface area contributed by atoms with Gasteiger partial charge in [0.2, 0.25) is 10.0 Å². The molecule has 0 fully saturated rings. The highest BCUT2D eigenvalue weighted by Gasteiger charge is 2.25. The zero-order valence-electron chi connectivity index (χ0n) is 27.7. The smallest absolute Gasteiger partial charge is 0.324 e. The summed E-state index contributed by atoms with van der Waals surface area (Å²) in [5.74, 6) is -0.0277. The van der Waals surface area contributed by atoms with Gasteiger partial charge in [-0.15, -0.1) is 0 Å². The molecule has 2 amide bonds. The highest BCUT2D eigenvalue weighted by atomic mass is 32.2. The minimum absolute atomic E-state index is 0.0234. The van der Waals surface area contributed by atoms with Gasteiger partial charge in [0, 0.05) is 29.9 Å². The van der Waals surface area contributed by atoms with Crippen molar-refractivity contribution in [2.45, 2.75) is 90.2 Å². The van der Waals surface area contributed by atoms with Crippen LogP contribution < -0.4 is 20.7 Å². The Morgan fingerprint density at radius 3 is 2.00 bits per heavy atom. The molecule has 0 saturated carbocycles. The molecule has 3 aromatic carbocycles. The Morgan fingerprint density at radius 2 is 1.44 bits per heavy atom. The number of sulfonamides is 1. The molecule has 0 radical (unpaired) electrons. The van der Waals surface area contributed by atoms with E-state index in [1.807, 2.05) is 42.5 Å². The predicted octanol–water partition coefficient (Wildman–Crippen LogP) is 6.52. The molecule has 0 heterocycles. The fraction of sp³-hybridized carbons (Fsp3) is 0.429. The number of nitrogens with one attached hydrogen (secondary N) is 4. The highest BCUT2D eigenvalue weighted by molar-refractivity contribution is 7.89. The number of hydrogen-bond donors (Lipinski definition) is 4. The predicted molar refractivity (Wildman–Crippen MR) is 181 cm³/mol. The van der Waals surface area contributed by atoms with Crippen LogP contribution in [0.4, 0.5) is 10.5 Å². The number of rotatable bonds is 13. The molecule has 45 heavy (non-hydrogen) atoms. The van der Waals surface area contributed by atoms with E-state index in [1.54, 1.807) is 52.0 Å². The Hall–Kier alpha value is -3.73. The molecule has 0 aliphatic heterocycles. The Kier molecular flexibility index (Phi) is 12.3. The Balaban J connectivity index is 1.72. The minimum atomic E-state index is -3.74. The summed E-state index contributed by atoms with van der Waals surface area (Å²) >= 11 is 0. The zero-order chi connectivity index (χ0) is 33.4. The summed E-state index contributed by atoms with van der Waals surface area (Å²) in [5, 5.41) is 9.04. The van der Waals surface area contributed by atoms with E-state index in [-0.39, 0.29) is 29.9 Å². The molecule has 1 unspecified atom stereocenters. The molecule has 0 aliphatic rings. The molecule has 9 nitrogen and oxygen atoms in total. The number of esters is 1. The summed E-state index contributed by atoms with van der Waals surface area (Å²) in [7, 11) is -3.74. The molecule has 3 aromatic rings. The molecule has 0 bridgehead atoms. The van der Waals surface area contributed by atoms with Gasteiger partial charge >= 0.3 is 12.0 Å². The number of anilines is 1. The second kappa shape index (κ2) is 15.5. The molecule has 10 heteroatoms. The summed E-state index contributed by atoms with van der Waals surface area (Å²) in [6, 6.07) is 19.2. The molecule has 0 aromatic heterocycles. The molecule has 4 N–H and O–H groups in total. The second-order valence-electron chi connectivity index (χ2n) is 12.7. The monoisotopic (exact) mass is 636 g/mol. The van der Waals surface area contributed by atoms with Crippen molar-refractivity contribution in [3.05, 3.63) is 83.4 Å². The van der Waals surface area contributed by atoms with Crippen LogP contribution in [-0.2, 0) is 26.1 Å². The van der Waals surface area contributed by atoms with E-state index in [2.05, 4.69) is 48.4 Å². The van der Waals surface area contributed by atoms with Gasteiger partial charge in [-0.1, -0.05) is 88.4 Å². The maximum Gasteiger partial charge on any atom is 0.324 e. The van der Waals surface area contributed by atoms with Crippen molar-refractivity contribution in [2.24, 2.45) is 0 Å². The van der Waals surface area contributed by atoms with Crippen LogP contribution in [0.5, 0.6) is 0 Å². The largest absolute Gasteiger partial charge is 0.465 e. The molecular formula is C35H48N4O5S. The summed E-state index contributed by atoms with van der Waals surface area (Å²) in [5.41, 5.74) is 4.48. The number of para-hydroxylation sites is 1. The lowest BCUT2D eigenvalue weighted by Gasteiger charge is -2.22. The maximum atomic E-state index is 13.1. The third kappa shape index (κ3) is 10.1. The molecular weight excluding hydrogens is 588 g/mol. The van der Waals surface area contributed by atoms with Crippen molar-refractivity contribution in [3.8, 4) is 11.1 Å². The van der Waals surface area contributed by atoms with Gasteiger partial charge in [0.25, 0.3) is 0 Å². The molecule has 0 aliphatic carbocycles. The average molecular weight is 637 g/mol. The average Bonchev–Trinajstić information content (AvgIpc) is 2.96. The number of carbonyl (C=O) groups is 2. The molecule has 3 rings (SSSR count). The van der Waals surface area contributed by atoms with Crippen molar-refractivity contribution >= 4 is 27.7 Å². The topological polar surface area (TPSA) is 126 Å². The quantitative estimate of drug-likeness (QED) is 0.158. The number of amides is 2. The second-order valence-corrected chi connectivity index (χ2v) is 14.3. The van der Waals surface area contributed by atoms with Crippen molar-refractivity contribution in [2.75, 3.05) is 18.5 Å². The lowest BCUT2D eigenvalue weighted by atomic mass is 9.93. The summed E-state index contributed by atoms with van der Waals surface area (Å²) in [4.78, 5) is 26.0. The van der Waals surface area contributed by atoms with E-state index in [0.717, 1.165) is 27.9 Å². The number of ether oxygens (including phenoxy) is 1. The third-order valence-electron chi connectivity index (χ3n) is 7.08. The van der Waals surface area contributed by atoms with Crippen molar-refractivity contribution in [1.29, 1.82) is 0 Å². The van der Waals surface area contributed by atoms with Crippen LogP contribution in [0.15, 0.2) is 71.6 Å². The maximum absolute atomic E-state index is 13.1. The molecule has 244 valence electrons. The van der Waals surface area contributed by atoms with Crippen molar-refractivity contribution in [1.82, 2.24) is 15.4 Å². The number of benzene rings is 3. The molecule has 1 atom stereocenters. The van der Waals surface area contributed by atoms with E-state index in [4.69, 9.17) is 4.74 Å². The zero-order valence-corrected chi connectivity index (χ0v) is 28.5. The van der Waals surface area contributed by atoms with Gasteiger partial charge in [-0.2, -0.15) is 0 Å². The van der Waals surface area contributed by atoms with Gasteiger partial charge in [-0.25, -0.2) is 17.9 Å². The van der Waals surface area contributed by atoms with E-state index in [0.29, 0.717) is 12.1 Å². The van der Waals surface area contributed by atoms with E-state index >= 15 is 0 Å². The van der Waals surface area contributed by atoms with Gasteiger partial charge in [0.15, 0.2) is 0 Å². The first-order valence-electron chi connectivity index (χ1n) is 15.4. The fourth-order valence-electron chi connectivity index (χ4n) is 4.97. The van der Waals surface area contributed by atoms with Crippen LogP contribution in [0.3, 0.4) is 0 Å². The number of urea groups is 1. The molecule has 0 spiro atoms. The van der Waals surface area contributed by atoms with Crippen LogP contribution in [0.1, 0.15) is 83.9 Å². The van der Waals surface area contributed by atoms with E-state index in [9.17, 15) is 18.0 Å². The first-order chi connectivity index (χ1) is 21.1. The Labute approximate surface area is 268 Å². The van der Waals surface area contributed by atoms with Crippen LogP contribution in [0.25, 0.3) is 11.1 Å². The van der Waals surface area contributed by atoms with Crippen LogP contribution in [-0.4, -0.2) is 45.2 Å². The van der Waals surface area contributed by atoms with Crippen molar-refractivity contribution in [3.63, 3.8) is 0 Å². The Morgan fingerprint density at radius 1 is 0.844 bits per heavy atom. The van der Waals surface area contributed by atoms with Crippen LogP contribution >= 0.6 is 0 Å². The summed E-state index contributed by atoms with van der Waals surface area (Å²) in [6.45, 7) is 16.0. The normalized spacial score (nSPS) is 12.7. The van der Waals surface area contributed by atoms with Gasteiger partial charge in [-0.3, -0.25) is 10.1 Å². The fourth-order valence-corrected chi connectivity index (χ4v) is 6.62. The summed E-state index contributed by atoms with van der Waals surface area (Å²) in [6.07, 6.45) is 0. The SMILES string of the molecule is CCOC(=O)C(CNC(=O)Nc1c(C(C)C)cccc1C(C)C)NCc1ccc(-c2ccccc2S(=O)(=O)NC(C)(C)C)cc1. The number of hydrogen-bond acceptors (Lipinski definition) is 6. The van der Waals surface area contributed by atoms with Crippen LogP contribution in [0, 0.1) is 0 Å². The van der Waals surface area contributed by atoms with Crippen LogP contribution in [0.2, 0.25) is 0 Å². The van der Waals surface area contributed by atoms with Crippen molar-refractivity contribution < 1.29 is 22.7 Å². The first-order valence-corrected chi connectivity index (χ1v) is 16.9. The standard InChI is InChI=1S/C35H48N4O5S/c1-9-44-33(40)30(22-37-34(41)38-32-27(23(2)3)14-12-15-28(32)24(4)5)36-21-25-17-19-26(20-18-25)29-13-10-11-16-31(29)45(42,43)39-35(6,7)8/h10-20,23-24,30,36,39H,9,21-22H2,1-8H3,(H2,37,38,41). The molecule has 0 saturated heterocycles. The third-order valence-corrected chi connectivity index (χ3v) is 8.90. The lowest BCUT2D eigenvalue weighted by Crippen LogP contribution is -2.47. The van der Waals surface area contributed by atoms with Gasteiger partial charge in [-0.05, 0) is 67.9 Å². The van der Waals surface area contributed by atoms with E-state index < -0.39 is 33.6 Å². The van der Waals surface area contributed by atoms with Gasteiger partial charge in [0.1, 0.15) is 6.04 Å². The first kappa shape index (κ1) is 35.7.